The average molecular weight is 397 g/mol. The third kappa shape index (κ3) is 4.92. The van der Waals surface area contributed by atoms with Crippen LogP contribution >= 0.6 is 11.8 Å². The van der Waals surface area contributed by atoms with Crippen LogP contribution in [-0.2, 0) is 5.75 Å². The molecular weight excluding hydrogens is 372 g/mol. The molecule has 2 aromatic heterocycles. The van der Waals surface area contributed by atoms with Crippen molar-refractivity contribution in [3.05, 3.63) is 65.7 Å². The van der Waals surface area contributed by atoms with E-state index in [2.05, 4.69) is 34.2 Å². The van der Waals surface area contributed by atoms with Crippen molar-refractivity contribution < 1.29 is 9.32 Å². The molecule has 0 fully saturated rings. The van der Waals surface area contributed by atoms with Gasteiger partial charge >= 0.3 is 0 Å². The van der Waals surface area contributed by atoms with Gasteiger partial charge in [-0.2, -0.15) is 0 Å². The lowest BCUT2D eigenvalue weighted by atomic mass is 10.2. The number of anilines is 2. The van der Waals surface area contributed by atoms with Gasteiger partial charge in [0, 0.05) is 42.5 Å². The molecular formula is C21H24N4O2S. The second kappa shape index (κ2) is 9.41. The molecule has 6 nitrogen and oxygen atoms in total. The number of carbonyl (C=O) groups excluding carboxylic acids is 1. The second-order valence-electron chi connectivity index (χ2n) is 6.25. The average Bonchev–Trinajstić information content (AvgIpc) is 3.14. The van der Waals surface area contributed by atoms with E-state index in [9.17, 15) is 4.79 Å². The number of amides is 1. The molecule has 0 aliphatic rings. The third-order valence-electron chi connectivity index (χ3n) is 4.30. The van der Waals surface area contributed by atoms with Crippen LogP contribution in [0.3, 0.4) is 0 Å². The van der Waals surface area contributed by atoms with E-state index in [-0.39, 0.29) is 5.91 Å². The molecule has 146 valence electrons. The Balaban J connectivity index is 1.68. The molecule has 0 spiro atoms. The highest BCUT2D eigenvalue weighted by atomic mass is 32.2. The summed E-state index contributed by atoms with van der Waals surface area (Å²) in [4.78, 5) is 19.4. The molecule has 2 heterocycles. The predicted molar refractivity (Wildman–Crippen MR) is 113 cm³/mol. The number of nitrogens with zero attached hydrogens (tertiary/aromatic N) is 3. The number of hydrogen-bond acceptors (Lipinski definition) is 6. The zero-order valence-corrected chi connectivity index (χ0v) is 17.1. The number of thioether (sulfide) groups is 1. The van der Waals surface area contributed by atoms with Crippen LogP contribution in [0.1, 0.15) is 35.7 Å². The van der Waals surface area contributed by atoms with Gasteiger partial charge in [-0.1, -0.05) is 16.9 Å². The monoisotopic (exact) mass is 396 g/mol. The number of aromatic nitrogens is 2. The molecule has 7 heteroatoms. The summed E-state index contributed by atoms with van der Waals surface area (Å²) in [7, 11) is 0. The number of rotatable bonds is 8. The minimum Gasteiger partial charge on any atom is -0.372 e. The van der Waals surface area contributed by atoms with Crippen molar-refractivity contribution >= 4 is 29.0 Å². The Morgan fingerprint density at radius 1 is 1.18 bits per heavy atom. The number of nitrogens with one attached hydrogen (secondary N) is 1. The van der Waals surface area contributed by atoms with Crippen LogP contribution in [0.25, 0.3) is 0 Å². The molecule has 0 aliphatic carbocycles. The maximum absolute atomic E-state index is 12.8. The van der Waals surface area contributed by atoms with E-state index < -0.39 is 0 Å². The number of pyridine rings is 1. The van der Waals surface area contributed by atoms with Crippen molar-refractivity contribution in [2.24, 2.45) is 0 Å². The van der Waals surface area contributed by atoms with Crippen LogP contribution in [0.5, 0.6) is 0 Å². The molecule has 1 amide bonds. The lowest BCUT2D eigenvalue weighted by molar-refractivity contribution is 0.102. The van der Waals surface area contributed by atoms with Crippen LogP contribution in [0, 0.1) is 6.92 Å². The Hall–Kier alpha value is -2.80. The van der Waals surface area contributed by atoms with E-state index in [0.717, 1.165) is 35.9 Å². The van der Waals surface area contributed by atoms with Crippen LogP contribution in [-0.4, -0.2) is 29.1 Å². The predicted octanol–water partition coefficient (Wildman–Crippen LogP) is 4.77. The quantitative estimate of drug-likeness (QED) is 0.553. The Bertz CT molecular complexity index is 920. The second-order valence-corrected chi connectivity index (χ2v) is 7.21. The SMILES string of the molecule is CCN(CC)c1ccc(NC(=O)c2cccnc2SCc2cc(C)on2)cc1. The molecule has 0 saturated carbocycles. The largest absolute Gasteiger partial charge is 0.372 e. The van der Waals surface area contributed by atoms with E-state index in [1.165, 1.54) is 11.8 Å². The molecule has 0 atom stereocenters. The summed E-state index contributed by atoms with van der Waals surface area (Å²) in [6.45, 7) is 8.00. The number of aryl methyl sites for hydroxylation is 1. The van der Waals surface area contributed by atoms with Crippen LogP contribution in [0.2, 0.25) is 0 Å². The summed E-state index contributed by atoms with van der Waals surface area (Å²) < 4.78 is 5.09. The van der Waals surface area contributed by atoms with Crippen molar-refractivity contribution in [3.63, 3.8) is 0 Å². The molecule has 3 rings (SSSR count). The first-order valence-electron chi connectivity index (χ1n) is 9.27. The number of carbonyl (C=O) groups is 1. The summed E-state index contributed by atoms with van der Waals surface area (Å²) in [6.07, 6.45) is 1.69. The number of hydrogen-bond donors (Lipinski definition) is 1. The van der Waals surface area contributed by atoms with Gasteiger partial charge in [0.1, 0.15) is 10.8 Å². The normalized spacial score (nSPS) is 10.7. The van der Waals surface area contributed by atoms with E-state index >= 15 is 0 Å². The van der Waals surface area contributed by atoms with Crippen molar-refractivity contribution in [1.82, 2.24) is 10.1 Å². The summed E-state index contributed by atoms with van der Waals surface area (Å²) in [6, 6.07) is 13.3. The van der Waals surface area contributed by atoms with Gasteiger partial charge in [-0.25, -0.2) is 4.98 Å². The molecule has 28 heavy (non-hydrogen) atoms. The van der Waals surface area contributed by atoms with E-state index in [1.807, 2.05) is 37.3 Å². The molecule has 0 unspecified atom stereocenters. The molecule has 0 radical (unpaired) electrons. The summed E-state index contributed by atoms with van der Waals surface area (Å²) in [5.41, 5.74) is 3.27. The van der Waals surface area contributed by atoms with Gasteiger partial charge in [-0.15, -0.1) is 0 Å². The van der Waals surface area contributed by atoms with Gasteiger partial charge in [0.25, 0.3) is 5.91 Å². The third-order valence-corrected chi connectivity index (χ3v) is 5.34. The fourth-order valence-electron chi connectivity index (χ4n) is 2.85. The standard InChI is InChI=1S/C21H24N4O2S/c1-4-25(5-2)18-10-8-16(9-11-18)23-20(26)19-7-6-12-22-21(19)28-14-17-13-15(3)27-24-17/h6-13H,4-5,14H2,1-3H3,(H,23,26). The van der Waals surface area contributed by atoms with E-state index in [0.29, 0.717) is 16.3 Å². The fraction of sp³-hybridized carbons (Fsp3) is 0.286. The fourth-order valence-corrected chi connectivity index (χ4v) is 3.72. The smallest absolute Gasteiger partial charge is 0.258 e. The first-order valence-corrected chi connectivity index (χ1v) is 10.3. The van der Waals surface area contributed by atoms with E-state index in [4.69, 9.17) is 4.52 Å². The maximum Gasteiger partial charge on any atom is 0.258 e. The number of benzene rings is 1. The van der Waals surface area contributed by atoms with E-state index in [1.54, 1.807) is 18.3 Å². The summed E-state index contributed by atoms with van der Waals surface area (Å²) in [5.74, 6) is 1.18. The minimum atomic E-state index is -0.178. The van der Waals surface area contributed by atoms with Crippen molar-refractivity contribution in [2.75, 3.05) is 23.3 Å². The van der Waals surface area contributed by atoms with Crippen LogP contribution < -0.4 is 10.2 Å². The molecule has 0 aliphatic heterocycles. The highest BCUT2D eigenvalue weighted by Gasteiger charge is 2.14. The zero-order chi connectivity index (χ0) is 19.9. The molecule has 0 bridgehead atoms. The van der Waals surface area contributed by atoms with Gasteiger partial charge < -0.3 is 14.7 Å². The molecule has 0 saturated heterocycles. The summed E-state index contributed by atoms with van der Waals surface area (Å²) >= 11 is 1.46. The zero-order valence-electron chi connectivity index (χ0n) is 16.3. The highest BCUT2D eigenvalue weighted by molar-refractivity contribution is 7.98. The molecule has 3 aromatic rings. The Morgan fingerprint density at radius 2 is 1.93 bits per heavy atom. The van der Waals surface area contributed by atoms with Gasteiger partial charge in [0.15, 0.2) is 0 Å². The van der Waals surface area contributed by atoms with Crippen molar-refractivity contribution in [1.29, 1.82) is 0 Å². The Labute approximate surface area is 169 Å². The van der Waals surface area contributed by atoms with Gasteiger partial charge in [-0.3, -0.25) is 4.79 Å². The maximum atomic E-state index is 12.8. The first kappa shape index (κ1) is 19.9. The van der Waals surface area contributed by atoms with Gasteiger partial charge in [0.05, 0.1) is 11.3 Å². The first-order chi connectivity index (χ1) is 13.6. The van der Waals surface area contributed by atoms with Gasteiger partial charge in [0.2, 0.25) is 0 Å². The minimum absolute atomic E-state index is 0.178. The van der Waals surface area contributed by atoms with Crippen LogP contribution in [0.4, 0.5) is 11.4 Å². The highest BCUT2D eigenvalue weighted by Crippen LogP contribution is 2.25. The van der Waals surface area contributed by atoms with Gasteiger partial charge in [-0.05, 0) is 57.2 Å². The lowest BCUT2D eigenvalue weighted by Gasteiger charge is -2.21. The van der Waals surface area contributed by atoms with Crippen molar-refractivity contribution in [3.8, 4) is 0 Å². The van der Waals surface area contributed by atoms with Crippen LogP contribution in [0.15, 0.2) is 58.2 Å². The summed E-state index contributed by atoms with van der Waals surface area (Å²) in [5, 5.41) is 7.61. The molecule has 1 N–H and O–H groups in total. The lowest BCUT2D eigenvalue weighted by Crippen LogP contribution is -2.21. The Kier molecular flexibility index (Phi) is 6.71. The van der Waals surface area contributed by atoms with Crippen molar-refractivity contribution in [2.45, 2.75) is 31.6 Å². The molecule has 1 aromatic carbocycles. The Morgan fingerprint density at radius 3 is 2.57 bits per heavy atom. The topological polar surface area (TPSA) is 71.3 Å².